The van der Waals surface area contributed by atoms with Gasteiger partial charge in [0.2, 0.25) is 0 Å². The van der Waals surface area contributed by atoms with Crippen LogP contribution in [0.15, 0.2) is 15.3 Å². The summed E-state index contributed by atoms with van der Waals surface area (Å²) in [6, 6.07) is 1.04. The molecule has 180 valence electrons. The third kappa shape index (κ3) is 6.67. The van der Waals surface area contributed by atoms with Crippen molar-refractivity contribution < 1.29 is 22.0 Å². The van der Waals surface area contributed by atoms with Gasteiger partial charge in [0.15, 0.2) is 27.0 Å². The van der Waals surface area contributed by atoms with Crippen LogP contribution in [0.4, 0.5) is 10.1 Å². The van der Waals surface area contributed by atoms with Crippen LogP contribution in [0.1, 0.15) is 94.8 Å². The molecule has 1 aromatic heterocycles. The maximum Gasteiger partial charge on any atom is 0.417 e. The predicted octanol–water partition coefficient (Wildman–Crippen LogP) is 5.14. The first kappa shape index (κ1) is 26.1. The highest BCUT2D eigenvalue weighted by Gasteiger charge is 2.34. The van der Waals surface area contributed by atoms with Gasteiger partial charge < -0.3 is 10.2 Å². The van der Waals surface area contributed by atoms with E-state index in [0.717, 1.165) is 31.7 Å². The van der Waals surface area contributed by atoms with Crippen LogP contribution >= 0.6 is 0 Å². The van der Waals surface area contributed by atoms with Crippen LogP contribution in [-0.2, 0) is 9.84 Å². The number of fused-ring (bicyclic) bond motifs is 1. The number of rotatable bonds is 15. The maximum atomic E-state index is 14.7. The van der Waals surface area contributed by atoms with Crippen LogP contribution in [-0.4, -0.2) is 30.2 Å². The van der Waals surface area contributed by atoms with Gasteiger partial charge in [-0.2, -0.15) is 0 Å². The van der Waals surface area contributed by atoms with Crippen molar-refractivity contribution in [3.8, 4) is 0 Å². The van der Waals surface area contributed by atoms with E-state index in [0.29, 0.717) is 6.42 Å². The van der Waals surface area contributed by atoms with E-state index in [-0.39, 0.29) is 23.3 Å². The van der Waals surface area contributed by atoms with E-state index in [1.54, 1.807) is 6.92 Å². The Kier molecular flexibility index (Phi) is 9.93. The van der Waals surface area contributed by atoms with E-state index in [1.165, 1.54) is 32.1 Å². The van der Waals surface area contributed by atoms with Gasteiger partial charge in [-0.1, -0.05) is 71.6 Å². The van der Waals surface area contributed by atoms with E-state index in [9.17, 15) is 22.4 Å². The number of nitrogens with two attached hydrogens (primary N) is 1. The van der Waals surface area contributed by atoms with Crippen LogP contribution < -0.4 is 11.5 Å². The number of anilines is 1. The van der Waals surface area contributed by atoms with Crippen LogP contribution in [0, 0.1) is 5.82 Å². The fourth-order valence-electron chi connectivity index (χ4n) is 3.98. The smallest absolute Gasteiger partial charge is 0.408 e. The monoisotopic (exact) mass is 470 g/mol. The molecule has 0 spiro atoms. The molecule has 9 heteroatoms. The Balaban J connectivity index is 1.94. The van der Waals surface area contributed by atoms with Crippen molar-refractivity contribution in [1.29, 1.82) is 0 Å². The Morgan fingerprint density at radius 2 is 1.62 bits per heavy atom. The van der Waals surface area contributed by atoms with Gasteiger partial charge in [0.1, 0.15) is 10.8 Å². The summed E-state index contributed by atoms with van der Waals surface area (Å²) in [6.07, 6.45) is 10.7. The van der Waals surface area contributed by atoms with Crippen LogP contribution in [0.25, 0.3) is 11.1 Å². The van der Waals surface area contributed by atoms with Gasteiger partial charge in [0.25, 0.3) is 0 Å². The first-order valence-corrected chi connectivity index (χ1v) is 13.3. The molecule has 0 saturated heterocycles. The third-order valence-electron chi connectivity index (χ3n) is 5.84. The number of hydrogen-bond donors (Lipinski definition) is 2. The van der Waals surface area contributed by atoms with E-state index in [4.69, 9.17) is 10.2 Å². The zero-order valence-corrected chi connectivity index (χ0v) is 19.9. The number of oxazole rings is 1. The first-order chi connectivity index (χ1) is 15.2. The molecule has 1 aromatic carbocycles. The topological polar surface area (TPSA) is 123 Å². The van der Waals surface area contributed by atoms with Crippen molar-refractivity contribution in [2.75, 3.05) is 11.5 Å². The predicted molar refractivity (Wildman–Crippen MR) is 125 cm³/mol. The Morgan fingerprint density at radius 1 is 1.06 bits per heavy atom. The number of unbranched alkanes of at least 4 members (excludes halogenated alkanes) is 9. The van der Waals surface area contributed by atoms with Gasteiger partial charge in [-0.15, -0.1) is 0 Å². The zero-order valence-electron chi connectivity index (χ0n) is 19.0. The summed E-state index contributed by atoms with van der Waals surface area (Å²) in [4.78, 5) is 26.5. The Bertz CT molecular complexity index is 1060. The lowest BCUT2D eigenvalue weighted by Crippen LogP contribution is -2.32. The molecule has 0 bridgehead atoms. The number of nitrogen functional groups attached to an aromatic ring is 1. The minimum atomic E-state index is -3.76. The SMILES string of the molecule is CCCCCCCCCCCCS(=O)(=O)C(CC)C(=O)c1cc2oc(=O)[nH]c2c(N)c1F. The molecule has 3 N–H and O–H groups in total. The summed E-state index contributed by atoms with van der Waals surface area (Å²) >= 11 is 0. The first-order valence-electron chi connectivity index (χ1n) is 11.6. The fraction of sp³-hybridized carbons (Fsp3) is 0.652. The van der Waals surface area contributed by atoms with E-state index in [2.05, 4.69) is 11.9 Å². The molecule has 7 nitrogen and oxygen atoms in total. The molecule has 2 rings (SSSR count). The molecule has 0 fully saturated rings. The lowest BCUT2D eigenvalue weighted by molar-refractivity contribution is 0.0981. The second-order valence-electron chi connectivity index (χ2n) is 8.35. The number of carbonyl (C=O) groups excluding carboxylic acids is 1. The number of Topliss-reactive ketones (excluding diaryl/α,β-unsaturated/α-hetero) is 1. The van der Waals surface area contributed by atoms with Gasteiger partial charge in [-0.25, -0.2) is 17.6 Å². The van der Waals surface area contributed by atoms with Crippen molar-refractivity contribution in [3.63, 3.8) is 0 Å². The minimum Gasteiger partial charge on any atom is -0.408 e. The largest absolute Gasteiger partial charge is 0.417 e. The molecular weight excluding hydrogens is 435 g/mol. The highest BCUT2D eigenvalue weighted by atomic mass is 32.2. The number of ketones is 1. The number of hydrogen-bond acceptors (Lipinski definition) is 6. The number of nitrogens with one attached hydrogen (secondary N) is 1. The number of H-pyrrole nitrogens is 1. The summed E-state index contributed by atoms with van der Waals surface area (Å²) in [5, 5.41) is -1.36. The fourth-order valence-corrected chi connectivity index (χ4v) is 5.83. The summed E-state index contributed by atoms with van der Waals surface area (Å²) < 4.78 is 45.2. The quantitative estimate of drug-likeness (QED) is 0.211. The Hall–Kier alpha value is -2.16. The normalized spacial score (nSPS) is 13.0. The number of carbonyl (C=O) groups is 1. The number of benzene rings is 1. The molecule has 0 amide bonds. The van der Waals surface area contributed by atoms with Crippen LogP contribution in [0.2, 0.25) is 0 Å². The number of aromatic amines is 1. The molecule has 1 atom stereocenters. The second-order valence-corrected chi connectivity index (χ2v) is 10.7. The summed E-state index contributed by atoms with van der Waals surface area (Å²) in [5.41, 5.74) is 4.63. The Labute approximate surface area is 188 Å². The highest BCUT2D eigenvalue weighted by molar-refractivity contribution is 7.92. The molecule has 0 radical (unpaired) electrons. The average molecular weight is 471 g/mol. The molecule has 2 aromatic rings. The van der Waals surface area contributed by atoms with E-state index >= 15 is 0 Å². The van der Waals surface area contributed by atoms with Gasteiger partial charge in [-0.3, -0.25) is 9.78 Å². The van der Waals surface area contributed by atoms with E-state index in [1.807, 2.05) is 0 Å². The van der Waals surface area contributed by atoms with Gasteiger partial charge >= 0.3 is 5.76 Å². The molecule has 1 heterocycles. The molecule has 1 unspecified atom stereocenters. The molecule has 0 aliphatic heterocycles. The maximum absolute atomic E-state index is 14.7. The van der Waals surface area contributed by atoms with Gasteiger partial charge in [-0.05, 0) is 18.9 Å². The molecule has 0 saturated carbocycles. The summed E-state index contributed by atoms with van der Waals surface area (Å²) in [7, 11) is -3.76. The summed E-state index contributed by atoms with van der Waals surface area (Å²) in [5.74, 6) is -2.87. The molecule has 0 aliphatic rings. The van der Waals surface area contributed by atoms with E-state index < -0.39 is 43.7 Å². The lowest BCUT2D eigenvalue weighted by Gasteiger charge is -2.16. The van der Waals surface area contributed by atoms with Gasteiger partial charge in [0, 0.05) is 0 Å². The average Bonchev–Trinajstić information content (AvgIpc) is 3.12. The second kappa shape index (κ2) is 12.2. The summed E-state index contributed by atoms with van der Waals surface area (Å²) in [6.45, 7) is 3.77. The zero-order chi connectivity index (χ0) is 23.7. The standard InChI is InChI=1S/C23H35FN2O5S/c1-3-5-6-7-8-9-10-11-12-13-14-32(29,30)18(4-2)22(27)16-15-17-21(20(25)19(16)24)26-23(28)31-17/h15,18H,3-14,25H2,1-2H3,(H,26,28). The Morgan fingerprint density at radius 3 is 2.19 bits per heavy atom. The molecular formula is C23H35FN2O5S. The number of aromatic nitrogens is 1. The number of halogens is 1. The highest BCUT2D eigenvalue weighted by Crippen LogP contribution is 2.28. The van der Waals surface area contributed by atoms with Crippen molar-refractivity contribution >= 4 is 32.4 Å². The van der Waals surface area contributed by atoms with Crippen molar-refractivity contribution in [2.45, 2.75) is 89.7 Å². The van der Waals surface area contributed by atoms with Crippen molar-refractivity contribution in [2.24, 2.45) is 0 Å². The number of sulfone groups is 1. The molecule has 32 heavy (non-hydrogen) atoms. The lowest BCUT2D eigenvalue weighted by atomic mass is 10.0. The van der Waals surface area contributed by atoms with Crippen LogP contribution in [0.5, 0.6) is 0 Å². The van der Waals surface area contributed by atoms with Crippen molar-refractivity contribution in [3.05, 3.63) is 28.0 Å². The van der Waals surface area contributed by atoms with Crippen molar-refractivity contribution in [1.82, 2.24) is 4.98 Å². The minimum absolute atomic E-state index is 0.0212. The van der Waals surface area contributed by atoms with Gasteiger partial charge in [0.05, 0.1) is 17.0 Å². The molecule has 0 aliphatic carbocycles. The van der Waals surface area contributed by atoms with Crippen LogP contribution in [0.3, 0.4) is 0 Å². The third-order valence-corrected chi connectivity index (χ3v) is 8.11.